The van der Waals surface area contributed by atoms with Gasteiger partial charge in [-0.2, -0.15) is 0 Å². The molecule has 0 aromatic carbocycles. The maximum atomic E-state index is 12.3. The fourth-order valence-corrected chi connectivity index (χ4v) is 5.28. The van der Waals surface area contributed by atoms with Gasteiger partial charge in [-0.15, -0.1) is 0 Å². The van der Waals surface area contributed by atoms with Crippen molar-refractivity contribution in [3.05, 3.63) is 23.7 Å². The van der Waals surface area contributed by atoms with Gasteiger partial charge in [0.05, 0.1) is 17.5 Å². The molecule has 122 valence electrons. The Labute approximate surface area is 130 Å². The topological polar surface area (TPSA) is 79.6 Å². The van der Waals surface area contributed by atoms with Crippen LogP contribution in [0.3, 0.4) is 0 Å². The van der Waals surface area contributed by atoms with Crippen LogP contribution in [-0.2, 0) is 16.3 Å². The van der Waals surface area contributed by atoms with Crippen molar-refractivity contribution < 1.29 is 17.6 Å². The van der Waals surface area contributed by atoms with Crippen molar-refractivity contribution in [3.63, 3.8) is 0 Å². The van der Waals surface area contributed by atoms with Gasteiger partial charge in [0.15, 0.2) is 15.6 Å². The molecule has 2 aliphatic rings. The molecule has 1 aromatic rings. The molecule has 0 radical (unpaired) electrons. The normalized spacial score (nSPS) is 28.0. The van der Waals surface area contributed by atoms with E-state index in [1.165, 1.54) is 0 Å². The molecule has 0 spiro atoms. The number of carbonyl (C=O) groups excluding carboxylic acids is 1. The van der Waals surface area contributed by atoms with Crippen LogP contribution in [0.4, 0.5) is 0 Å². The lowest BCUT2D eigenvalue weighted by Gasteiger charge is -2.28. The Morgan fingerprint density at radius 3 is 2.68 bits per heavy atom. The number of likely N-dealkylation sites (tertiary alicyclic amines) is 1. The maximum absolute atomic E-state index is 12.3. The van der Waals surface area contributed by atoms with Crippen molar-refractivity contribution in [3.8, 4) is 0 Å². The average Bonchev–Trinajstić information content (AvgIpc) is 3.17. The van der Waals surface area contributed by atoms with Gasteiger partial charge in [-0.1, -0.05) is 6.92 Å². The summed E-state index contributed by atoms with van der Waals surface area (Å²) in [6.45, 7) is 3.77. The summed E-state index contributed by atoms with van der Waals surface area (Å²) in [4.78, 5) is 14.5. The van der Waals surface area contributed by atoms with Crippen molar-refractivity contribution in [2.24, 2.45) is 0 Å². The van der Waals surface area contributed by atoms with Gasteiger partial charge in [-0.05, 0) is 38.1 Å². The van der Waals surface area contributed by atoms with Gasteiger partial charge in [0, 0.05) is 12.5 Å². The molecule has 0 saturated carbocycles. The van der Waals surface area contributed by atoms with Crippen LogP contribution >= 0.6 is 0 Å². The van der Waals surface area contributed by atoms with Crippen LogP contribution in [0.15, 0.2) is 16.5 Å². The second kappa shape index (κ2) is 6.04. The first-order chi connectivity index (χ1) is 10.5. The van der Waals surface area contributed by atoms with E-state index in [4.69, 9.17) is 4.42 Å². The number of furan rings is 1. The average molecular weight is 326 g/mol. The smallest absolute Gasteiger partial charge is 0.287 e. The molecule has 2 aliphatic heterocycles. The highest BCUT2D eigenvalue weighted by atomic mass is 32.2. The molecule has 6 nitrogen and oxygen atoms in total. The summed E-state index contributed by atoms with van der Waals surface area (Å²) in [5.74, 6) is 0.824. The molecule has 2 unspecified atom stereocenters. The monoisotopic (exact) mass is 326 g/mol. The lowest BCUT2D eigenvalue weighted by Crippen LogP contribution is -2.50. The first kappa shape index (κ1) is 15.6. The first-order valence-corrected chi connectivity index (χ1v) is 9.64. The van der Waals surface area contributed by atoms with Crippen molar-refractivity contribution in [1.82, 2.24) is 10.2 Å². The second-order valence-corrected chi connectivity index (χ2v) is 8.24. The van der Waals surface area contributed by atoms with Crippen LogP contribution in [0, 0.1) is 0 Å². The molecule has 1 amide bonds. The van der Waals surface area contributed by atoms with Crippen LogP contribution in [0.1, 0.15) is 36.1 Å². The summed E-state index contributed by atoms with van der Waals surface area (Å²) in [5.41, 5.74) is 0. The Morgan fingerprint density at radius 1 is 1.32 bits per heavy atom. The number of hydrogen-bond acceptors (Lipinski definition) is 5. The highest BCUT2D eigenvalue weighted by Crippen LogP contribution is 2.23. The van der Waals surface area contributed by atoms with E-state index in [0.717, 1.165) is 38.1 Å². The molecule has 22 heavy (non-hydrogen) atoms. The van der Waals surface area contributed by atoms with E-state index in [1.54, 1.807) is 12.1 Å². The molecule has 1 N–H and O–H groups in total. The Kier molecular flexibility index (Phi) is 4.27. The van der Waals surface area contributed by atoms with E-state index in [-0.39, 0.29) is 35.3 Å². The van der Waals surface area contributed by atoms with Crippen molar-refractivity contribution in [2.75, 3.05) is 24.6 Å². The third-order valence-electron chi connectivity index (χ3n) is 4.48. The number of rotatable bonds is 4. The molecular weight excluding hydrogens is 304 g/mol. The number of nitrogens with one attached hydrogen (secondary N) is 1. The minimum atomic E-state index is -3.10. The van der Waals surface area contributed by atoms with E-state index < -0.39 is 9.84 Å². The van der Waals surface area contributed by atoms with Crippen LogP contribution < -0.4 is 5.32 Å². The third-order valence-corrected chi connectivity index (χ3v) is 6.20. The van der Waals surface area contributed by atoms with Crippen LogP contribution in [0.2, 0.25) is 0 Å². The van der Waals surface area contributed by atoms with Gasteiger partial charge >= 0.3 is 0 Å². The van der Waals surface area contributed by atoms with E-state index in [0.29, 0.717) is 0 Å². The van der Waals surface area contributed by atoms with Crippen molar-refractivity contribution in [1.29, 1.82) is 0 Å². The van der Waals surface area contributed by atoms with Gasteiger partial charge in [0.1, 0.15) is 5.76 Å². The SMILES string of the molecule is CCc1ccc(C(=O)NC2CS(=O)(=O)CC2N2CCCC2)o1. The minimum Gasteiger partial charge on any atom is -0.456 e. The lowest BCUT2D eigenvalue weighted by molar-refractivity contribution is 0.0889. The Bertz CT molecular complexity index is 646. The summed E-state index contributed by atoms with van der Waals surface area (Å²) >= 11 is 0. The number of amides is 1. The van der Waals surface area contributed by atoms with E-state index in [2.05, 4.69) is 10.2 Å². The highest BCUT2D eigenvalue weighted by molar-refractivity contribution is 7.91. The molecule has 1 aromatic heterocycles. The van der Waals surface area contributed by atoms with Gasteiger partial charge in [-0.3, -0.25) is 9.69 Å². The molecule has 2 saturated heterocycles. The zero-order valence-corrected chi connectivity index (χ0v) is 13.6. The minimum absolute atomic E-state index is 0.0151. The summed E-state index contributed by atoms with van der Waals surface area (Å²) in [5, 5.41) is 2.86. The molecular formula is C15H22N2O4S. The Morgan fingerprint density at radius 2 is 2.05 bits per heavy atom. The summed E-state index contributed by atoms with van der Waals surface area (Å²) in [6.07, 6.45) is 2.91. The highest BCUT2D eigenvalue weighted by Gasteiger charge is 2.42. The van der Waals surface area contributed by atoms with Crippen LogP contribution in [0.5, 0.6) is 0 Å². The standard InChI is InChI=1S/C15H22N2O4S/c1-2-11-5-6-14(21-11)15(18)16-12-9-22(19,20)10-13(12)17-7-3-4-8-17/h5-6,12-13H,2-4,7-10H2,1H3,(H,16,18). The number of nitrogens with zero attached hydrogens (tertiary/aromatic N) is 1. The predicted octanol–water partition coefficient (Wildman–Crippen LogP) is 0.833. The Balaban J connectivity index is 1.72. The number of aryl methyl sites for hydroxylation is 1. The van der Waals surface area contributed by atoms with Crippen LogP contribution in [-0.4, -0.2) is 55.9 Å². The van der Waals surface area contributed by atoms with Crippen molar-refractivity contribution >= 4 is 15.7 Å². The molecule has 7 heteroatoms. The zero-order valence-electron chi connectivity index (χ0n) is 12.7. The second-order valence-electron chi connectivity index (χ2n) is 6.09. The fourth-order valence-electron chi connectivity index (χ4n) is 3.33. The van der Waals surface area contributed by atoms with E-state index in [9.17, 15) is 13.2 Å². The number of sulfone groups is 1. The largest absolute Gasteiger partial charge is 0.456 e. The maximum Gasteiger partial charge on any atom is 0.287 e. The molecule has 3 heterocycles. The number of carbonyl (C=O) groups is 1. The summed E-state index contributed by atoms with van der Waals surface area (Å²) in [6, 6.07) is 2.95. The van der Waals surface area contributed by atoms with Gasteiger partial charge in [-0.25, -0.2) is 8.42 Å². The lowest BCUT2D eigenvalue weighted by atomic mass is 10.1. The molecule has 2 atom stereocenters. The van der Waals surface area contributed by atoms with E-state index >= 15 is 0 Å². The van der Waals surface area contributed by atoms with Gasteiger partial charge < -0.3 is 9.73 Å². The number of hydrogen-bond donors (Lipinski definition) is 1. The fraction of sp³-hybridized carbons (Fsp3) is 0.667. The molecule has 2 fully saturated rings. The Hall–Kier alpha value is -1.34. The quantitative estimate of drug-likeness (QED) is 0.887. The molecule has 3 rings (SSSR count). The van der Waals surface area contributed by atoms with Gasteiger partial charge in [0.25, 0.3) is 5.91 Å². The van der Waals surface area contributed by atoms with Crippen LogP contribution in [0.25, 0.3) is 0 Å². The molecule has 0 bridgehead atoms. The summed E-state index contributed by atoms with van der Waals surface area (Å²) in [7, 11) is -3.10. The first-order valence-electron chi connectivity index (χ1n) is 7.82. The summed E-state index contributed by atoms with van der Waals surface area (Å²) < 4.78 is 29.4. The van der Waals surface area contributed by atoms with E-state index in [1.807, 2.05) is 6.92 Å². The van der Waals surface area contributed by atoms with Gasteiger partial charge in [0.2, 0.25) is 0 Å². The molecule has 0 aliphatic carbocycles. The third kappa shape index (κ3) is 3.20. The predicted molar refractivity (Wildman–Crippen MR) is 82.6 cm³/mol. The van der Waals surface area contributed by atoms with Crippen molar-refractivity contribution in [2.45, 2.75) is 38.3 Å². The zero-order chi connectivity index (χ0) is 15.7.